The maximum absolute atomic E-state index is 9.79. The smallest absolute Gasteiger partial charge is 0.0774 e. The summed E-state index contributed by atoms with van der Waals surface area (Å²) in [6.07, 6.45) is 4.61. The molecule has 1 aromatic rings. The molecule has 2 atom stereocenters. The van der Waals surface area contributed by atoms with E-state index in [9.17, 15) is 10.2 Å². The van der Waals surface area contributed by atoms with Gasteiger partial charge in [-0.15, -0.1) is 0 Å². The van der Waals surface area contributed by atoms with Crippen LogP contribution in [0.25, 0.3) is 6.08 Å². The second-order valence-corrected chi connectivity index (χ2v) is 5.87. The Morgan fingerprint density at radius 1 is 1.42 bits per heavy atom. The van der Waals surface area contributed by atoms with Crippen molar-refractivity contribution in [1.29, 1.82) is 0 Å². The molecule has 1 aromatic carbocycles. The van der Waals surface area contributed by atoms with E-state index in [-0.39, 0.29) is 18.7 Å². The highest BCUT2D eigenvalue weighted by molar-refractivity contribution is 5.58. The molecule has 3 nitrogen and oxygen atoms in total. The molecule has 0 radical (unpaired) electrons. The Morgan fingerprint density at radius 3 is 2.79 bits per heavy atom. The predicted octanol–water partition coefficient (Wildman–Crippen LogP) is 2.04. The first kappa shape index (κ1) is 14.3. The largest absolute Gasteiger partial charge is 0.395 e. The number of aliphatic hydroxyl groups is 2. The molecule has 0 saturated carbocycles. The summed E-state index contributed by atoms with van der Waals surface area (Å²) >= 11 is 0. The Morgan fingerprint density at radius 2 is 2.16 bits per heavy atom. The Kier molecular flexibility index (Phi) is 4.09. The highest BCUT2D eigenvalue weighted by Gasteiger charge is 2.24. The molecule has 1 unspecified atom stereocenters. The first-order chi connectivity index (χ1) is 8.90. The van der Waals surface area contributed by atoms with Gasteiger partial charge in [0.05, 0.1) is 12.2 Å². The van der Waals surface area contributed by atoms with Crippen LogP contribution in [0.1, 0.15) is 43.5 Å². The third-order valence-corrected chi connectivity index (χ3v) is 3.54. The lowest BCUT2D eigenvalue weighted by Gasteiger charge is -2.31. The molecule has 3 heteroatoms. The Balaban J connectivity index is 2.37. The topological polar surface area (TPSA) is 52.5 Å². The summed E-state index contributed by atoms with van der Waals surface area (Å²) in [6, 6.07) is 6.59. The average Bonchev–Trinajstić information content (AvgIpc) is 2.35. The second-order valence-electron chi connectivity index (χ2n) is 5.87. The van der Waals surface area contributed by atoms with Crippen molar-refractivity contribution < 1.29 is 10.2 Å². The molecule has 2 rings (SSSR count). The molecule has 0 aromatic heterocycles. The monoisotopic (exact) mass is 261 g/mol. The molecule has 0 spiro atoms. The fraction of sp³-hybridized carbons (Fsp3) is 0.500. The molecule has 1 aliphatic heterocycles. The van der Waals surface area contributed by atoms with Crippen molar-refractivity contribution in [2.45, 2.75) is 44.9 Å². The lowest BCUT2D eigenvalue weighted by atomic mass is 9.87. The van der Waals surface area contributed by atoms with Crippen molar-refractivity contribution in [1.82, 2.24) is 5.32 Å². The van der Waals surface area contributed by atoms with Crippen molar-refractivity contribution in [2.24, 2.45) is 0 Å². The maximum Gasteiger partial charge on any atom is 0.0774 e. The predicted molar refractivity (Wildman–Crippen MR) is 77.9 cm³/mol. The molecule has 0 fully saturated rings. The molecule has 1 aliphatic rings. The fourth-order valence-electron chi connectivity index (χ4n) is 2.58. The van der Waals surface area contributed by atoms with Crippen molar-refractivity contribution in [3.63, 3.8) is 0 Å². The Hall–Kier alpha value is -1.16. The van der Waals surface area contributed by atoms with Gasteiger partial charge in [0.2, 0.25) is 0 Å². The fourth-order valence-corrected chi connectivity index (χ4v) is 2.58. The van der Waals surface area contributed by atoms with Crippen molar-refractivity contribution in [2.75, 3.05) is 6.61 Å². The van der Waals surface area contributed by atoms with E-state index >= 15 is 0 Å². The van der Waals surface area contributed by atoms with E-state index in [0.29, 0.717) is 0 Å². The third kappa shape index (κ3) is 3.44. The molecule has 0 bridgehead atoms. The lowest BCUT2D eigenvalue weighted by molar-refractivity contribution is 0.134. The first-order valence-electron chi connectivity index (χ1n) is 6.81. The first-order valence-corrected chi connectivity index (χ1v) is 6.81. The van der Waals surface area contributed by atoms with Gasteiger partial charge in [0.25, 0.3) is 0 Å². The summed E-state index contributed by atoms with van der Waals surface area (Å²) in [6.45, 7) is 5.79. The standard InChI is InChI=1S/C16H23NO2/c1-11-14-6-4-5-12(7-8-16(2,3)19)15(14)9-13(10-18)17-11/h4-8,11,13,17-19H,9-10H2,1-3H3/b8-7+/t11?,13-/m1/s1. The second kappa shape index (κ2) is 5.45. The van der Waals surface area contributed by atoms with E-state index in [4.69, 9.17) is 0 Å². The van der Waals surface area contributed by atoms with E-state index in [2.05, 4.69) is 24.4 Å². The van der Waals surface area contributed by atoms with E-state index in [1.54, 1.807) is 13.8 Å². The summed E-state index contributed by atoms with van der Waals surface area (Å²) in [7, 11) is 0. The molecule has 19 heavy (non-hydrogen) atoms. The van der Waals surface area contributed by atoms with Crippen LogP contribution in [0.3, 0.4) is 0 Å². The molecule has 0 amide bonds. The number of aliphatic hydroxyl groups excluding tert-OH is 1. The average molecular weight is 261 g/mol. The summed E-state index contributed by atoms with van der Waals surface area (Å²) in [4.78, 5) is 0. The maximum atomic E-state index is 9.79. The van der Waals surface area contributed by atoms with Gasteiger partial charge in [-0.25, -0.2) is 0 Å². The van der Waals surface area contributed by atoms with E-state index in [1.165, 1.54) is 11.1 Å². The highest BCUT2D eigenvalue weighted by atomic mass is 16.3. The minimum atomic E-state index is -0.808. The van der Waals surface area contributed by atoms with Gasteiger partial charge in [-0.2, -0.15) is 0 Å². The van der Waals surface area contributed by atoms with Crippen LogP contribution >= 0.6 is 0 Å². The number of fused-ring (bicyclic) bond motifs is 1. The van der Waals surface area contributed by atoms with Crippen LogP contribution in [0.2, 0.25) is 0 Å². The van der Waals surface area contributed by atoms with Crippen LogP contribution in [0.5, 0.6) is 0 Å². The summed E-state index contributed by atoms with van der Waals surface area (Å²) < 4.78 is 0. The lowest BCUT2D eigenvalue weighted by Crippen LogP contribution is -2.41. The molecule has 0 saturated heterocycles. The summed E-state index contributed by atoms with van der Waals surface area (Å²) in [5, 5.41) is 22.6. The van der Waals surface area contributed by atoms with Crippen molar-refractivity contribution >= 4 is 6.08 Å². The molecule has 0 aliphatic carbocycles. The van der Waals surface area contributed by atoms with Gasteiger partial charge in [0, 0.05) is 12.1 Å². The minimum Gasteiger partial charge on any atom is -0.395 e. The van der Waals surface area contributed by atoms with Gasteiger partial charge in [0.1, 0.15) is 0 Å². The van der Waals surface area contributed by atoms with Crippen LogP contribution < -0.4 is 5.32 Å². The van der Waals surface area contributed by atoms with Crippen molar-refractivity contribution in [3.8, 4) is 0 Å². The van der Waals surface area contributed by atoms with Gasteiger partial charge in [-0.05, 0) is 43.9 Å². The minimum absolute atomic E-state index is 0.110. The van der Waals surface area contributed by atoms with Crippen LogP contribution in [0.4, 0.5) is 0 Å². The van der Waals surface area contributed by atoms with Gasteiger partial charge in [0.15, 0.2) is 0 Å². The quantitative estimate of drug-likeness (QED) is 0.780. The van der Waals surface area contributed by atoms with Gasteiger partial charge >= 0.3 is 0 Å². The van der Waals surface area contributed by atoms with Gasteiger partial charge < -0.3 is 15.5 Å². The SMILES string of the molecule is CC1N[C@@H](CO)Cc2c(/C=C/C(C)(C)O)cccc21. The molecular formula is C16H23NO2. The van der Waals surface area contributed by atoms with E-state index in [0.717, 1.165) is 12.0 Å². The molecule has 1 heterocycles. The number of hydrogen-bond acceptors (Lipinski definition) is 3. The molecule has 3 N–H and O–H groups in total. The van der Waals surface area contributed by atoms with Gasteiger partial charge in [-0.3, -0.25) is 0 Å². The number of hydrogen-bond donors (Lipinski definition) is 3. The zero-order chi connectivity index (χ0) is 14.0. The van der Waals surface area contributed by atoms with Crippen LogP contribution in [0, 0.1) is 0 Å². The van der Waals surface area contributed by atoms with Crippen LogP contribution in [-0.4, -0.2) is 28.5 Å². The number of rotatable bonds is 3. The highest BCUT2D eigenvalue weighted by Crippen LogP contribution is 2.28. The number of benzene rings is 1. The van der Waals surface area contributed by atoms with E-state index < -0.39 is 5.60 Å². The van der Waals surface area contributed by atoms with Crippen LogP contribution in [0.15, 0.2) is 24.3 Å². The summed E-state index contributed by atoms with van der Waals surface area (Å²) in [5.74, 6) is 0. The zero-order valence-corrected chi connectivity index (χ0v) is 11.9. The zero-order valence-electron chi connectivity index (χ0n) is 11.9. The Bertz CT molecular complexity index is 474. The van der Waals surface area contributed by atoms with Crippen molar-refractivity contribution in [3.05, 3.63) is 41.0 Å². The van der Waals surface area contributed by atoms with Crippen LogP contribution in [-0.2, 0) is 6.42 Å². The normalized spacial score (nSPS) is 23.6. The third-order valence-electron chi connectivity index (χ3n) is 3.54. The summed E-state index contributed by atoms with van der Waals surface area (Å²) in [5.41, 5.74) is 2.87. The molecule has 104 valence electrons. The Labute approximate surface area is 115 Å². The molecular weight excluding hydrogens is 238 g/mol. The number of nitrogens with one attached hydrogen (secondary N) is 1. The van der Waals surface area contributed by atoms with Gasteiger partial charge in [-0.1, -0.05) is 30.4 Å². The van der Waals surface area contributed by atoms with E-state index in [1.807, 2.05) is 18.2 Å².